The van der Waals surface area contributed by atoms with Gasteiger partial charge in [-0.15, -0.1) is 10.2 Å². The molecule has 1 aliphatic heterocycles. The highest BCUT2D eigenvalue weighted by Crippen LogP contribution is 2.03. The highest BCUT2D eigenvalue weighted by atomic mass is 28.2. The van der Waals surface area contributed by atoms with Crippen LogP contribution < -0.4 is 16.2 Å². The molecule has 8 nitrogen and oxygen atoms in total. The number of hydrogen-bond donors (Lipinski definition) is 3. The minimum atomic E-state index is -0.653. The summed E-state index contributed by atoms with van der Waals surface area (Å²) < 4.78 is 4.45. The zero-order valence-corrected chi connectivity index (χ0v) is 12.7. The molecule has 0 aliphatic carbocycles. The molecular weight excluding hydrogens is 266 g/mol. The van der Waals surface area contributed by atoms with Gasteiger partial charge in [-0.25, -0.2) is 4.79 Å². The number of esters is 1. The van der Waals surface area contributed by atoms with Crippen molar-refractivity contribution in [3.63, 3.8) is 0 Å². The van der Waals surface area contributed by atoms with Crippen LogP contribution in [0.4, 0.5) is 0 Å². The number of hydrazone groups is 2. The van der Waals surface area contributed by atoms with Crippen LogP contribution in [0.2, 0.25) is 5.54 Å². The minimum absolute atomic E-state index is 0.0332. The van der Waals surface area contributed by atoms with Crippen LogP contribution in [0, 0.1) is 0 Å². The van der Waals surface area contributed by atoms with Gasteiger partial charge in [0.25, 0.3) is 11.7 Å². The number of amides is 1. The number of nitrogens with one attached hydrogen (secondary N) is 3. The Hall–Kier alpha value is -1.90. The maximum absolute atomic E-state index is 11.7. The molecule has 1 rings (SSSR count). The third-order valence-electron chi connectivity index (χ3n) is 2.76. The Morgan fingerprint density at radius 1 is 1.37 bits per heavy atom. The number of hydrogen-bond acceptors (Lipinski definition) is 7. The van der Waals surface area contributed by atoms with E-state index in [0.717, 1.165) is 6.42 Å². The van der Waals surface area contributed by atoms with Gasteiger partial charge in [-0.3, -0.25) is 15.6 Å². The normalized spacial score (nSPS) is 15.9. The van der Waals surface area contributed by atoms with Gasteiger partial charge in [-0.2, -0.15) is 0 Å². The molecule has 0 aromatic heterocycles. The molecule has 19 heavy (non-hydrogen) atoms. The largest absolute Gasteiger partial charge is 0.463 e. The topological polar surface area (TPSA) is 104 Å². The maximum Gasteiger partial charge on any atom is 0.377 e. The highest BCUT2D eigenvalue weighted by molar-refractivity contribution is 6.43. The SMILES string of the molecule is CCC(C)[SiH2]CNC(=O)C1=NNC(C(=O)OC)=NN1. The molecule has 0 saturated heterocycles. The summed E-state index contributed by atoms with van der Waals surface area (Å²) in [6, 6.07) is 0. The number of amidine groups is 2. The fraction of sp³-hybridized carbons (Fsp3) is 0.600. The molecular formula is C10H19N5O3Si. The van der Waals surface area contributed by atoms with E-state index in [2.05, 4.69) is 45.0 Å². The Balaban J connectivity index is 2.36. The molecule has 0 fully saturated rings. The predicted molar refractivity (Wildman–Crippen MR) is 74.4 cm³/mol. The smallest absolute Gasteiger partial charge is 0.377 e. The summed E-state index contributed by atoms with van der Waals surface area (Å²) in [6.45, 7) is 4.32. The lowest BCUT2D eigenvalue weighted by molar-refractivity contribution is -0.133. The monoisotopic (exact) mass is 285 g/mol. The summed E-state index contributed by atoms with van der Waals surface area (Å²) in [5.74, 6) is -1.05. The molecule has 1 amide bonds. The Kier molecular flexibility index (Phi) is 5.99. The van der Waals surface area contributed by atoms with Gasteiger partial charge in [0.15, 0.2) is 0 Å². The van der Waals surface area contributed by atoms with Gasteiger partial charge in [0.2, 0.25) is 5.84 Å². The quantitative estimate of drug-likeness (QED) is 0.404. The second-order valence-corrected chi connectivity index (χ2v) is 6.67. The molecule has 0 radical (unpaired) electrons. The number of ether oxygens (including phenoxy) is 1. The molecule has 9 heteroatoms. The lowest BCUT2D eigenvalue weighted by Gasteiger charge is -2.13. The molecule has 0 spiro atoms. The summed E-state index contributed by atoms with van der Waals surface area (Å²) in [4.78, 5) is 22.8. The minimum Gasteiger partial charge on any atom is -0.463 e. The molecule has 0 bridgehead atoms. The van der Waals surface area contributed by atoms with Gasteiger partial charge < -0.3 is 10.1 Å². The second-order valence-electron chi connectivity index (χ2n) is 4.19. The Labute approximate surface area is 113 Å². The Morgan fingerprint density at radius 2 is 2.00 bits per heavy atom. The molecule has 1 unspecified atom stereocenters. The number of nitrogens with zero attached hydrogens (tertiary/aromatic N) is 2. The van der Waals surface area contributed by atoms with Crippen LogP contribution in [-0.2, 0) is 14.3 Å². The lowest BCUT2D eigenvalue weighted by Crippen LogP contribution is -2.46. The zero-order valence-electron chi connectivity index (χ0n) is 11.3. The first-order valence-electron chi connectivity index (χ1n) is 6.12. The van der Waals surface area contributed by atoms with Gasteiger partial charge in [0.1, 0.15) is 0 Å². The second kappa shape index (κ2) is 7.51. The van der Waals surface area contributed by atoms with E-state index in [9.17, 15) is 9.59 Å². The number of rotatable bonds is 6. The van der Waals surface area contributed by atoms with Crippen LogP contribution in [0.25, 0.3) is 0 Å². The van der Waals surface area contributed by atoms with Crippen molar-refractivity contribution in [3.05, 3.63) is 0 Å². The molecule has 106 valence electrons. The average molecular weight is 285 g/mol. The fourth-order valence-corrected chi connectivity index (χ4v) is 2.55. The van der Waals surface area contributed by atoms with E-state index in [0.29, 0.717) is 11.7 Å². The van der Waals surface area contributed by atoms with E-state index in [1.54, 1.807) is 0 Å². The Bertz CT molecular complexity index is 410. The van der Waals surface area contributed by atoms with Crippen molar-refractivity contribution in [3.8, 4) is 0 Å². The first-order valence-corrected chi connectivity index (χ1v) is 7.94. The first kappa shape index (κ1) is 15.2. The highest BCUT2D eigenvalue weighted by Gasteiger charge is 2.19. The summed E-state index contributed by atoms with van der Waals surface area (Å²) in [5.41, 5.74) is 5.47. The first-order chi connectivity index (χ1) is 9.08. The van der Waals surface area contributed by atoms with Gasteiger partial charge in [0.05, 0.1) is 7.11 Å². The van der Waals surface area contributed by atoms with Crippen molar-refractivity contribution in [1.29, 1.82) is 0 Å². The van der Waals surface area contributed by atoms with Crippen LogP contribution in [0.1, 0.15) is 20.3 Å². The summed E-state index contributed by atoms with van der Waals surface area (Å²) in [6.07, 6.45) is 1.84. The fourth-order valence-electron chi connectivity index (χ4n) is 1.28. The number of methoxy groups -OCH3 is 1. The summed E-state index contributed by atoms with van der Waals surface area (Å²) in [5, 5.41) is 10.2. The molecule has 1 atom stereocenters. The molecule has 0 aromatic carbocycles. The maximum atomic E-state index is 11.7. The average Bonchev–Trinajstić information content (AvgIpc) is 2.46. The third kappa shape index (κ3) is 4.70. The van der Waals surface area contributed by atoms with Crippen LogP contribution in [0.15, 0.2) is 10.2 Å². The third-order valence-corrected chi connectivity index (χ3v) is 4.86. The molecule has 1 heterocycles. The number of carbonyl (C=O) groups excluding carboxylic acids is 2. The van der Waals surface area contributed by atoms with Crippen LogP contribution >= 0.6 is 0 Å². The molecule has 1 aliphatic rings. The summed E-state index contributed by atoms with van der Waals surface area (Å²) in [7, 11) is 0.919. The van der Waals surface area contributed by atoms with Crippen molar-refractivity contribution < 1.29 is 14.3 Å². The number of carbonyl (C=O) groups is 2. The van der Waals surface area contributed by atoms with E-state index in [4.69, 9.17) is 0 Å². The van der Waals surface area contributed by atoms with E-state index in [1.165, 1.54) is 7.11 Å². The zero-order chi connectivity index (χ0) is 14.3. The lowest BCUT2D eigenvalue weighted by atomic mass is 10.4. The predicted octanol–water partition coefficient (Wildman–Crippen LogP) is -1.56. The van der Waals surface area contributed by atoms with Crippen molar-refractivity contribution in [1.82, 2.24) is 16.2 Å². The Morgan fingerprint density at radius 3 is 2.53 bits per heavy atom. The van der Waals surface area contributed by atoms with E-state index < -0.39 is 5.97 Å². The van der Waals surface area contributed by atoms with Crippen molar-refractivity contribution in [2.45, 2.75) is 25.8 Å². The van der Waals surface area contributed by atoms with E-state index >= 15 is 0 Å². The van der Waals surface area contributed by atoms with Crippen LogP contribution in [-0.4, -0.2) is 46.3 Å². The van der Waals surface area contributed by atoms with Gasteiger partial charge in [-0.05, 0) is 0 Å². The summed E-state index contributed by atoms with van der Waals surface area (Å²) >= 11 is 0. The van der Waals surface area contributed by atoms with Crippen LogP contribution in [0.3, 0.4) is 0 Å². The van der Waals surface area contributed by atoms with Crippen molar-refractivity contribution >= 4 is 33.1 Å². The molecule has 0 saturated carbocycles. The molecule has 0 aromatic rings. The standard InChI is InChI=1S/C10H19N5O3Si/c1-4-6(2)19-5-11-9(16)7-12-14-8(15-13-7)10(17)18-3/h6H,4-5,19H2,1-3H3,(H,11,16)(H,12,13)(H,14,15). The van der Waals surface area contributed by atoms with E-state index in [1.807, 2.05) is 0 Å². The molecule has 3 N–H and O–H groups in total. The van der Waals surface area contributed by atoms with E-state index in [-0.39, 0.29) is 27.1 Å². The van der Waals surface area contributed by atoms with Gasteiger partial charge >= 0.3 is 5.97 Å². The van der Waals surface area contributed by atoms with Crippen molar-refractivity contribution in [2.24, 2.45) is 10.2 Å². The van der Waals surface area contributed by atoms with Gasteiger partial charge in [0, 0.05) is 15.7 Å². The van der Waals surface area contributed by atoms with Gasteiger partial charge in [-0.1, -0.05) is 25.8 Å². The van der Waals surface area contributed by atoms with Crippen molar-refractivity contribution in [2.75, 3.05) is 13.3 Å². The van der Waals surface area contributed by atoms with Crippen LogP contribution in [0.5, 0.6) is 0 Å².